The second-order valence-corrected chi connectivity index (χ2v) is 38.9. The molecule has 0 aliphatic heterocycles. The van der Waals surface area contributed by atoms with Crippen molar-refractivity contribution in [3.63, 3.8) is 0 Å². The quantitative estimate of drug-likeness (QED) is 0.0979. The number of para-hydroxylation sites is 9. The van der Waals surface area contributed by atoms with E-state index in [0.29, 0.717) is 0 Å². The number of benzene rings is 24. The van der Waals surface area contributed by atoms with Crippen LogP contribution in [0.25, 0.3) is 265 Å². The third kappa shape index (κ3) is 15.4. The van der Waals surface area contributed by atoms with Crippen molar-refractivity contribution in [2.45, 2.75) is 0 Å². The summed E-state index contributed by atoms with van der Waals surface area (Å²) in [6.07, 6.45) is 0. The predicted molar refractivity (Wildman–Crippen MR) is 634 cm³/mol. The molecule has 0 saturated heterocycles. The number of nitrogens with zero attached hydrogens (tertiary/aromatic N) is 6. The van der Waals surface area contributed by atoms with Crippen molar-refractivity contribution in [3.8, 4) is 134 Å². The Morgan fingerprint density at radius 1 is 0.0800 bits per heavy atom. The summed E-state index contributed by atoms with van der Waals surface area (Å²) in [6, 6.07) is 211. The summed E-state index contributed by atoms with van der Waals surface area (Å²) in [5, 5.41) is 15.2. The molecule has 150 heavy (non-hydrogen) atoms. The second-order valence-electron chi connectivity index (χ2n) is 38.9. The molecule has 702 valence electrons. The topological polar surface area (TPSA) is 29.6 Å². The summed E-state index contributed by atoms with van der Waals surface area (Å²) < 4.78 is 14.5. The fraction of sp³-hybridized carbons (Fsp3) is 0. The first-order valence-corrected chi connectivity index (χ1v) is 51.6. The van der Waals surface area contributed by atoms with E-state index in [1.165, 1.54) is 248 Å². The van der Waals surface area contributed by atoms with Crippen LogP contribution in [0.3, 0.4) is 0 Å². The Morgan fingerprint density at radius 3 is 0.480 bits per heavy atom. The van der Waals surface area contributed by atoms with Gasteiger partial charge in [-0.05, 0) is 270 Å². The molecule has 24 aromatic carbocycles. The van der Waals surface area contributed by atoms with E-state index in [4.69, 9.17) is 0 Å². The summed E-state index contributed by atoms with van der Waals surface area (Å²) in [4.78, 5) is 0. The van der Waals surface area contributed by atoms with Gasteiger partial charge in [0.2, 0.25) is 0 Å². The highest BCUT2D eigenvalue weighted by Crippen LogP contribution is 2.50. The van der Waals surface area contributed by atoms with Crippen molar-refractivity contribution in [2.75, 3.05) is 0 Å². The number of fused-ring (bicyclic) bond motifs is 21. The zero-order valence-corrected chi connectivity index (χ0v) is 82.1. The predicted octanol–water partition coefficient (Wildman–Crippen LogP) is 38.6. The fourth-order valence-corrected chi connectivity index (χ4v) is 23.5. The van der Waals surface area contributed by atoms with E-state index in [1.54, 1.807) is 0 Å². The molecule has 6 aromatic heterocycles. The molecule has 6 heterocycles. The molecule has 0 aliphatic rings. The SMILES string of the molecule is c1ccc(-c2cc(-c3ccccc3)cc(-c3ccc4c5c6c7ccccc7n(-c7ccccc7)c6ccc5n(-c5ccccc5)c4c3)c2)cc1.c1ccc(-c2ccc(-c3ccc(-c4ccc5c6c7c8ccccc8n(-c8ccccc8)c7ccc6n(-c6ccccc6)c5c4)cc3)cc2)cc1.c1ccc(-c2ccc(-c3cccc(-c4ccc5c6c7c8ccccc8n(-c8ccccc8)c7ccc6n(-c6ccccc6)c5c4)c3)cc2)cc1. The Balaban J connectivity index is 0.000000108. The number of aromatic nitrogens is 6. The van der Waals surface area contributed by atoms with Crippen LogP contribution in [0.5, 0.6) is 0 Å². The first kappa shape index (κ1) is 87.8. The molecular formula is C144H96N6. The van der Waals surface area contributed by atoms with Crippen LogP contribution in [0.4, 0.5) is 0 Å². The van der Waals surface area contributed by atoms with Gasteiger partial charge in [0, 0.05) is 98.8 Å². The van der Waals surface area contributed by atoms with E-state index in [0.717, 1.165) is 17.1 Å². The zero-order chi connectivity index (χ0) is 99.1. The van der Waals surface area contributed by atoms with Gasteiger partial charge in [-0.1, -0.05) is 413 Å². The Bertz CT molecular complexity index is 10300. The maximum Gasteiger partial charge on any atom is 0.0548 e. The maximum absolute atomic E-state index is 2.45. The van der Waals surface area contributed by atoms with Crippen molar-refractivity contribution in [2.24, 2.45) is 0 Å². The van der Waals surface area contributed by atoms with E-state index in [-0.39, 0.29) is 0 Å². The Hall–Kier alpha value is -19.9. The molecule has 0 atom stereocenters. The van der Waals surface area contributed by atoms with Crippen LogP contribution in [0.2, 0.25) is 0 Å². The van der Waals surface area contributed by atoms with Crippen LogP contribution < -0.4 is 0 Å². The molecule has 0 N–H and O–H groups in total. The molecule has 30 rings (SSSR count). The van der Waals surface area contributed by atoms with Gasteiger partial charge >= 0.3 is 0 Å². The molecule has 0 bridgehead atoms. The van der Waals surface area contributed by atoms with Crippen LogP contribution >= 0.6 is 0 Å². The highest BCUT2D eigenvalue weighted by atomic mass is 15.0. The van der Waals surface area contributed by atoms with Crippen LogP contribution in [0.15, 0.2) is 582 Å². The van der Waals surface area contributed by atoms with Crippen LogP contribution in [-0.2, 0) is 0 Å². The average Bonchev–Trinajstić information content (AvgIpc) is 1.55. The molecule has 0 aliphatic carbocycles. The summed E-state index contributed by atoms with van der Waals surface area (Å²) in [5.74, 6) is 0. The molecule has 0 saturated carbocycles. The normalized spacial score (nSPS) is 11.6. The minimum atomic E-state index is 1.15. The van der Waals surface area contributed by atoms with Crippen LogP contribution in [-0.4, -0.2) is 27.4 Å². The number of rotatable bonds is 15. The lowest BCUT2D eigenvalue weighted by Crippen LogP contribution is -1.94. The van der Waals surface area contributed by atoms with Crippen molar-refractivity contribution < 1.29 is 0 Å². The monoisotopic (exact) mass is 1910 g/mol. The van der Waals surface area contributed by atoms with Crippen LogP contribution in [0, 0.1) is 0 Å². The number of hydrogen-bond donors (Lipinski definition) is 0. The molecule has 0 unspecified atom stereocenters. The standard InChI is InChI=1S/3C48H32N2/c1-5-15-33(16-6-1)36-29-37(34-17-7-2-8-18-34)31-38(30-36)35-25-26-42-46(32-35)50(40-21-11-4-12-22-40)45-28-27-44-47(48(42)45)41-23-13-14-24-43(41)49(44)39-19-9-3-10-20-39;1-4-13-33(14-5-1)34-23-25-35(26-24-34)36-15-12-16-37(31-36)38-27-28-42-46(32-38)50(40-19-8-3-9-20-40)45-30-29-44-47(48(42)45)41-21-10-11-22-43(41)49(44)39-17-6-2-7-18-39;1-4-12-33(13-5-1)34-20-22-35(23-21-34)36-24-26-37(27-25-36)38-28-29-42-46(32-38)50(40-16-8-3-9-17-40)45-31-30-44-47(48(42)45)41-18-10-11-19-43(41)49(44)39-14-6-2-7-15-39/h3*1-32H. The van der Waals surface area contributed by atoms with Crippen LogP contribution in [0.1, 0.15) is 0 Å². The van der Waals surface area contributed by atoms with E-state index < -0.39 is 0 Å². The van der Waals surface area contributed by atoms with Gasteiger partial charge in [-0.3, -0.25) is 0 Å². The largest absolute Gasteiger partial charge is 0.309 e. The minimum Gasteiger partial charge on any atom is -0.309 e. The van der Waals surface area contributed by atoms with Gasteiger partial charge in [0.05, 0.1) is 66.2 Å². The molecular weight excluding hydrogens is 1810 g/mol. The lowest BCUT2D eigenvalue weighted by molar-refractivity contribution is 1.17. The highest BCUT2D eigenvalue weighted by Gasteiger charge is 2.27. The minimum absolute atomic E-state index is 1.15. The fourth-order valence-electron chi connectivity index (χ4n) is 23.5. The van der Waals surface area contributed by atoms with Gasteiger partial charge in [-0.25, -0.2) is 0 Å². The molecule has 0 spiro atoms. The van der Waals surface area contributed by atoms with Gasteiger partial charge in [-0.2, -0.15) is 0 Å². The third-order valence-electron chi connectivity index (χ3n) is 30.3. The van der Waals surface area contributed by atoms with E-state index in [1.807, 2.05) is 0 Å². The maximum atomic E-state index is 2.45. The van der Waals surface area contributed by atoms with Gasteiger partial charge in [-0.15, -0.1) is 0 Å². The Labute approximate surface area is 868 Å². The molecule has 6 heteroatoms. The smallest absolute Gasteiger partial charge is 0.0548 e. The summed E-state index contributed by atoms with van der Waals surface area (Å²) in [7, 11) is 0. The zero-order valence-electron chi connectivity index (χ0n) is 82.1. The average molecular weight is 1910 g/mol. The lowest BCUT2D eigenvalue weighted by Gasteiger charge is -2.12. The highest BCUT2D eigenvalue weighted by molar-refractivity contribution is 6.32. The van der Waals surface area contributed by atoms with Crippen molar-refractivity contribution in [1.82, 2.24) is 27.4 Å². The third-order valence-corrected chi connectivity index (χ3v) is 30.3. The van der Waals surface area contributed by atoms with Gasteiger partial charge < -0.3 is 27.4 Å². The lowest BCUT2D eigenvalue weighted by atomic mass is 9.93. The van der Waals surface area contributed by atoms with E-state index in [9.17, 15) is 0 Å². The summed E-state index contributed by atoms with van der Waals surface area (Å²) in [5.41, 5.74) is 43.3. The summed E-state index contributed by atoms with van der Waals surface area (Å²) in [6.45, 7) is 0. The summed E-state index contributed by atoms with van der Waals surface area (Å²) >= 11 is 0. The van der Waals surface area contributed by atoms with Crippen molar-refractivity contribution in [1.29, 1.82) is 0 Å². The molecule has 0 fully saturated rings. The molecule has 30 aromatic rings. The second kappa shape index (κ2) is 37.4. The Kier molecular flexibility index (Phi) is 21.9. The van der Waals surface area contributed by atoms with Gasteiger partial charge in [0.1, 0.15) is 0 Å². The van der Waals surface area contributed by atoms with Crippen molar-refractivity contribution in [3.05, 3.63) is 582 Å². The Morgan fingerprint density at radius 2 is 0.227 bits per heavy atom. The van der Waals surface area contributed by atoms with Gasteiger partial charge in [0.15, 0.2) is 0 Å². The van der Waals surface area contributed by atoms with Crippen molar-refractivity contribution >= 4 is 131 Å². The first-order chi connectivity index (χ1) is 74.4. The van der Waals surface area contributed by atoms with Gasteiger partial charge in [0.25, 0.3) is 0 Å². The molecule has 6 nitrogen and oxygen atoms in total. The molecule has 0 radical (unpaired) electrons. The van der Waals surface area contributed by atoms with E-state index in [2.05, 4.69) is 610 Å². The van der Waals surface area contributed by atoms with E-state index >= 15 is 0 Å². The number of hydrogen-bond acceptors (Lipinski definition) is 0. The molecule has 0 amide bonds. The first-order valence-electron chi connectivity index (χ1n) is 51.6.